The third kappa shape index (κ3) is 5.51. The number of nitrogen functional groups attached to an aromatic ring is 1. The highest BCUT2D eigenvalue weighted by atomic mass is 32.2. The molecular formula is C9H14FN3O4S2. The summed E-state index contributed by atoms with van der Waals surface area (Å²) in [6, 6.07) is 2.92. The van der Waals surface area contributed by atoms with Crippen LogP contribution in [-0.4, -0.2) is 36.2 Å². The third-order valence-corrected chi connectivity index (χ3v) is 4.15. The van der Waals surface area contributed by atoms with Crippen molar-refractivity contribution in [2.45, 2.75) is 4.90 Å². The van der Waals surface area contributed by atoms with Gasteiger partial charge in [-0.05, 0) is 18.2 Å². The maximum atomic E-state index is 13.0. The second-order valence-corrected chi connectivity index (χ2v) is 7.38. The van der Waals surface area contributed by atoms with Crippen molar-refractivity contribution in [2.75, 3.05) is 25.1 Å². The Labute approximate surface area is 111 Å². The first-order valence-corrected chi connectivity index (χ1v) is 8.48. The molecule has 0 radical (unpaired) electrons. The highest BCUT2D eigenvalue weighted by Gasteiger charge is 2.15. The van der Waals surface area contributed by atoms with Gasteiger partial charge in [-0.15, -0.1) is 0 Å². The van der Waals surface area contributed by atoms with Gasteiger partial charge in [0.05, 0.1) is 11.2 Å². The first-order chi connectivity index (χ1) is 8.60. The summed E-state index contributed by atoms with van der Waals surface area (Å²) in [6.45, 7) is -0.269. The molecule has 0 amide bonds. The predicted molar refractivity (Wildman–Crippen MR) is 68.8 cm³/mol. The lowest BCUT2D eigenvalue weighted by atomic mass is 10.3. The third-order valence-electron chi connectivity index (χ3n) is 1.99. The van der Waals surface area contributed by atoms with Crippen molar-refractivity contribution in [3.8, 4) is 0 Å². The van der Waals surface area contributed by atoms with Gasteiger partial charge in [-0.3, -0.25) is 0 Å². The number of rotatable bonds is 6. The van der Waals surface area contributed by atoms with Crippen LogP contribution >= 0.6 is 0 Å². The largest absolute Gasteiger partial charge is 0.399 e. The van der Waals surface area contributed by atoms with Crippen LogP contribution in [0.5, 0.6) is 0 Å². The van der Waals surface area contributed by atoms with E-state index in [9.17, 15) is 21.2 Å². The van der Waals surface area contributed by atoms with Crippen molar-refractivity contribution < 1.29 is 21.2 Å². The molecule has 0 atom stereocenters. The first-order valence-electron chi connectivity index (χ1n) is 5.10. The number of benzene rings is 1. The van der Waals surface area contributed by atoms with Crippen molar-refractivity contribution >= 4 is 25.7 Å². The van der Waals surface area contributed by atoms with Crippen LogP contribution < -0.4 is 15.2 Å². The maximum Gasteiger partial charge on any atom is 0.240 e. The number of hydrogen-bond donors (Lipinski definition) is 3. The SMILES string of the molecule is CS(=O)(=O)NCCNS(=O)(=O)c1cc(N)cc(F)c1. The molecule has 1 rings (SSSR count). The molecule has 0 unspecified atom stereocenters. The van der Waals surface area contributed by atoms with Crippen LogP contribution in [0.4, 0.5) is 10.1 Å². The van der Waals surface area contributed by atoms with Crippen molar-refractivity contribution in [1.29, 1.82) is 0 Å². The molecule has 0 bridgehead atoms. The molecule has 0 saturated carbocycles. The molecule has 0 fully saturated rings. The quantitative estimate of drug-likeness (QED) is 0.471. The molecule has 1 aromatic rings. The Morgan fingerprint density at radius 1 is 1.11 bits per heavy atom. The van der Waals surface area contributed by atoms with E-state index in [1.807, 2.05) is 0 Å². The zero-order chi connectivity index (χ0) is 14.7. The lowest BCUT2D eigenvalue weighted by Gasteiger charge is -2.08. The fourth-order valence-corrected chi connectivity index (χ4v) is 2.81. The van der Waals surface area contributed by atoms with Crippen LogP contribution in [0.3, 0.4) is 0 Å². The molecule has 1 aromatic carbocycles. The summed E-state index contributed by atoms with van der Waals surface area (Å²) in [5, 5.41) is 0. The Bertz CT molecular complexity index is 638. The summed E-state index contributed by atoms with van der Waals surface area (Å²) in [7, 11) is -7.31. The van der Waals surface area contributed by atoms with Crippen LogP contribution in [0.1, 0.15) is 0 Å². The highest BCUT2D eigenvalue weighted by molar-refractivity contribution is 7.89. The Balaban J connectivity index is 2.71. The summed E-state index contributed by atoms with van der Waals surface area (Å²) in [4.78, 5) is -0.315. The minimum atomic E-state index is -3.93. The van der Waals surface area contributed by atoms with Gasteiger partial charge in [0.1, 0.15) is 5.82 Å². The number of hydrogen-bond acceptors (Lipinski definition) is 5. The van der Waals surface area contributed by atoms with Crippen LogP contribution in [0, 0.1) is 5.82 Å². The summed E-state index contributed by atoms with van der Waals surface area (Å²) < 4.78 is 62.3. The summed E-state index contributed by atoms with van der Waals surface area (Å²) in [6.07, 6.45) is 0.953. The smallest absolute Gasteiger partial charge is 0.240 e. The van der Waals surface area contributed by atoms with E-state index < -0.39 is 25.9 Å². The number of sulfonamides is 2. The standard InChI is InChI=1S/C9H14FN3O4S2/c1-18(14,15)12-2-3-13-19(16,17)9-5-7(10)4-8(11)6-9/h4-6,12-13H,2-3,11H2,1H3. The molecule has 0 heterocycles. The topological polar surface area (TPSA) is 118 Å². The second kappa shape index (κ2) is 5.82. The zero-order valence-electron chi connectivity index (χ0n) is 10.1. The summed E-state index contributed by atoms with van der Waals surface area (Å²) >= 11 is 0. The average Bonchev–Trinajstić information content (AvgIpc) is 2.22. The first kappa shape index (κ1) is 15.8. The predicted octanol–water partition coefficient (Wildman–Crippen LogP) is -0.765. The minimum absolute atomic E-state index is 0.0189. The lowest BCUT2D eigenvalue weighted by Crippen LogP contribution is -2.34. The summed E-state index contributed by atoms with van der Waals surface area (Å²) in [5.74, 6) is -0.769. The normalized spacial score (nSPS) is 12.5. The van der Waals surface area contributed by atoms with Gasteiger partial charge in [0, 0.05) is 18.8 Å². The molecule has 0 aromatic heterocycles. The number of nitrogens with two attached hydrogens (primary N) is 1. The van der Waals surface area contributed by atoms with E-state index in [-0.39, 0.29) is 23.7 Å². The van der Waals surface area contributed by atoms with Crippen molar-refractivity contribution in [3.63, 3.8) is 0 Å². The Morgan fingerprint density at radius 3 is 2.21 bits per heavy atom. The minimum Gasteiger partial charge on any atom is -0.399 e. The van der Waals surface area contributed by atoms with Gasteiger partial charge in [-0.2, -0.15) is 0 Å². The Kier molecular flexibility index (Phi) is 4.85. The van der Waals surface area contributed by atoms with E-state index in [1.165, 1.54) is 0 Å². The van der Waals surface area contributed by atoms with Crippen molar-refractivity contribution in [1.82, 2.24) is 9.44 Å². The van der Waals surface area contributed by atoms with Crippen LogP contribution in [0.15, 0.2) is 23.1 Å². The van der Waals surface area contributed by atoms with E-state index >= 15 is 0 Å². The van der Waals surface area contributed by atoms with E-state index in [4.69, 9.17) is 5.73 Å². The number of anilines is 1. The van der Waals surface area contributed by atoms with Gasteiger partial charge in [0.2, 0.25) is 20.0 Å². The highest BCUT2D eigenvalue weighted by Crippen LogP contribution is 2.15. The molecule has 0 saturated heterocycles. The Morgan fingerprint density at radius 2 is 1.68 bits per heavy atom. The van der Waals surface area contributed by atoms with E-state index in [0.29, 0.717) is 0 Å². The monoisotopic (exact) mass is 311 g/mol. The van der Waals surface area contributed by atoms with Gasteiger partial charge in [-0.25, -0.2) is 30.7 Å². The molecule has 4 N–H and O–H groups in total. The zero-order valence-corrected chi connectivity index (χ0v) is 11.7. The second-order valence-electron chi connectivity index (χ2n) is 3.78. The molecule has 0 spiro atoms. The van der Waals surface area contributed by atoms with E-state index in [0.717, 1.165) is 24.5 Å². The van der Waals surface area contributed by atoms with Crippen molar-refractivity contribution in [2.24, 2.45) is 0 Å². The van der Waals surface area contributed by atoms with Crippen molar-refractivity contribution in [3.05, 3.63) is 24.0 Å². The average molecular weight is 311 g/mol. The number of halogens is 1. The fourth-order valence-electron chi connectivity index (χ4n) is 1.24. The van der Waals surface area contributed by atoms with E-state index in [2.05, 4.69) is 9.44 Å². The molecule has 19 heavy (non-hydrogen) atoms. The van der Waals surface area contributed by atoms with Crippen LogP contribution in [0.2, 0.25) is 0 Å². The maximum absolute atomic E-state index is 13.0. The van der Waals surface area contributed by atoms with Gasteiger partial charge in [-0.1, -0.05) is 0 Å². The van der Waals surface area contributed by atoms with Gasteiger partial charge < -0.3 is 5.73 Å². The lowest BCUT2D eigenvalue weighted by molar-refractivity contribution is 0.571. The number of nitrogens with one attached hydrogen (secondary N) is 2. The van der Waals surface area contributed by atoms with Crippen LogP contribution in [-0.2, 0) is 20.0 Å². The Hall–Kier alpha value is -1.23. The van der Waals surface area contributed by atoms with E-state index in [1.54, 1.807) is 0 Å². The van der Waals surface area contributed by atoms with Gasteiger partial charge in [0.25, 0.3) is 0 Å². The molecule has 0 aliphatic carbocycles. The molecule has 10 heteroatoms. The molecular weight excluding hydrogens is 297 g/mol. The molecule has 0 aliphatic rings. The molecule has 108 valence electrons. The molecule has 7 nitrogen and oxygen atoms in total. The molecule has 0 aliphatic heterocycles. The van der Waals surface area contributed by atoms with Crippen LogP contribution in [0.25, 0.3) is 0 Å². The fraction of sp³-hybridized carbons (Fsp3) is 0.333. The van der Waals surface area contributed by atoms with Gasteiger partial charge in [0.15, 0.2) is 0 Å². The van der Waals surface area contributed by atoms with Gasteiger partial charge >= 0.3 is 0 Å². The summed E-state index contributed by atoms with van der Waals surface area (Å²) in [5.41, 5.74) is 5.33.